The number of carbonyl (C=O) groups is 2. The highest BCUT2D eigenvalue weighted by molar-refractivity contribution is 6.24. The molecule has 0 bridgehead atoms. The summed E-state index contributed by atoms with van der Waals surface area (Å²) in [6.07, 6.45) is 0.493. The van der Waals surface area contributed by atoms with Crippen molar-refractivity contribution >= 4 is 28.5 Å². The molecule has 0 radical (unpaired) electrons. The average Bonchev–Trinajstić information content (AvgIpc) is 3.09. The van der Waals surface area contributed by atoms with Crippen molar-refractivity contribution in [2.75, 3.05) is 4.90 Å². The Bertz CT molecular complexity index is 1470. The predicted molar refractivity (Wildman–Crippen MR) is 125 cm³/mol. The van der Waals surface area contributed by atoms with Crippen LogP contribution in [-0.4, -0.2) is 11.8 Å². The first-order valence-corrected chi connectivity index (χ1v) is 11.1. The number of hydrogen-bond acceptors (Lipinski definition) is 4. The molecule has 3 aromatic carbocycles. The maximum Gasteiger partial charge on any atom is 0.340 e. The first kappa shape index (κ1) is 19.7. The molecule has 0 spiro atoms. The van der Waals surface area contributed by atoms with Crippen molar-refractivity contribution in [1.82, 2.24) is 0 Å². The van der Waals surface area contributed by atoms with Crippen LogP contribution in [0.5, 0.6) is 0 Å². The van der Waals surface area contributed by atoms with Gasteiger partial charge in [-0.1, -0.05) is 60.7 Å². The Kier molecular flexibility index (Phi) is 4.34. The van der Waals surface area contributed by atoms with E-state index < -0.39 is 17.5 Å². The van der Waals surface area contributed by atoms with Crippen LogP contribution in [0.25, 0.3) is 11.0 Å². The molecule has 5 nitrogen and oxygen atoms in total. The van der Waals surface area contributed by atoms with Crippen molar-refractivity contribution in [2.45, 2.75) is 25.2 Å². The third-order valence-electron chi connectivity index (χ3n) is 6.97. The molecule has 6 rings (SSSR count). The topological polar surface area (TPSA) is 67.6 Å². The van der Waals surface area contributed by atoms with E-state index in [1.165, 1.54) is 4.90 Å². The average molecular weight is 435 g/mol. The van der Waals surface area contributed by atoms with Gasteiger partial charge >= 0.3 is 5.63 Å². The Hall–Kier alpha value is -3.99. The minimum absolute atomic E-state index is 0.222. The zero-order chi connectivity index (χ0) is 22.7. The highest BCUT2D eigenvalue weighted by atomic mass is 16.4. The van der Waals surface area contributed by atoms with Crippen molar-refractivity contribution < 1.29 is 14.0 Å². The molecule has 162 valence electrons. The molecule has 2 aliphatic rings. The number of fused-ring (bicyclic) bond motifs is 5. The third-order valence-corrected chi connectivity index (χ3v) is 6.97. The number of rotatable bonds is 2. The third kappa shape index (κ3) is 2.89. The zero-order valence-corrected chi connectivity index (χ0v) is 18.0. The largest absolute Gasteiger partial charge is 0.422 e. The number of amides is 2. The van der Waals surface area contributed by atoms with Gasteiger partial charge in [-0.3, -0.25) is 9.59 Å². The fourth-order valence-electron chi connectivity index (χ4n) is 5.53. The first-order valence-electron chi connectivity index (χ1n) is 11.1. The van der Waals surface area contributed by atoms with Crippen LogP contribution in [-0.2, 0) is 16.0 Å². The first-order chi connectivity index (χ1) is 16.0. The van der Waals surface area contributed by atoms with E-state index in [9.17, 15) is 14.4 Å². The van der Waals surface area contributed by atoms with E-state index in [1.807, 2.05) is 61.5 Å². The summed E-state index contributed by atoms with van der Waals surface area (Å²) in [5, 5.41) is 0.827. The van der Waals surface area contributed by atoms with Crippen LogP contribution in [0.3, 0.4) is 0 Å². The molecule has 4 aromatic rings. The zero-order valence-electron chi connectivity index (χ0n) is 18.0. The van der Waals surface area contributed by atoms with Crippen molar-refractivity contribution in [3.05, 3.63) is 112 Å². The molecule has 1 saturated heterocycles. The smallest absolute Gasteiger partial charge is 0.340 e. The summed E-state index contributed by atoms with van der Waals surface area (Å²) in [6.45, 7) is 1.94. The van der Waals surface area contributed by atoms with E-state index in [0.717, 1.165) is 22.1 Å². The normalized spacial score (nSPS) is 21.8. The number of benzene rings is 3. The SMILES string of the molecule is Cc1ccc2c3c(c(=O)oc2c1)C1C(=O)N(c2ccccc2)C(=O)C1[C@H](c1ccccc1)C3. The lowest BCUT2D eigenvalue weighted by atomic mass is 9.67. The monoisotopic (exact) mass is 435 g/mol. The van der Waals surface area contributed by atoms with Gasteiger partial charge in [0.1, 0.15) is 5.58 Å². The molecular weight excluding hydrogens is 414 g/mol. The maximum absolute atomic E-state index is 13.8. The summed E-state index contributed by atoms with van der Waals surface area (Å²) >= 11 is 0. The number of aryl methyl sites for hydroxylation is 1. The van der Waals surface area contributed by atoms with Crippen molar-refractivity contribution in [2.24, 2.45) is 5.92 Å². The number of nitrogens with zero attached hydrogens (tertiary/aromatic N) is 1. The van der Waals surface area contributed by atoms with E-state index in [1.54, 1.807) is 24.3 Å². The van der Waals surface area contributed by atoms with Crippen LogP contribution in [0.15, 0.2) is 88.1 Å². The minimum Gasteiger partial charge on any atom is -0.422 e. The van der Waals surface area contributed by atoms with Crippen LogP contribution in [0.1, 0.15) is 34.1 Å². The number of carbonyl (C=O) groups excluding carboxylic acids is 2. The van der Waals surface area contributed by atoms with Crippen molar-refractivity contribution in [3.63, 3.8) is 0 Å². The van der Waals surface area contributed by atoms with Crippen molar-refractivity contribution in [1.29, 1.82) is 0 Å². The standard InChI is InChI=1S/C28H21NO4/c1-16-12-13-19-21-15-20(17-8-4-2-5-9-17)23-25(24(21)28(32)33-22(19)14-16)27(31)29(26(23)30)18-10-6-3-7-11-18/h2-14,20,23,25H,15H2,1H3/t20-,23?,25?/m0/s1. The Morgan fingerprint density at radius 2 is 1.55 bits per heavy atom. The highest BCUT2D eigenvalue weighted by Crippen LogP contribution is 2.50. The van der Waals surface area contributed by atoms with Crippen LogP contribution < -0.4 is 10.5 Å². The Labute approximate surface area is 190 Å². The van der Waals surface area contributed by atoms with Gasteiger partial charge in [0.25, 0.3) is 0 Å². The lowest BCUT2D eigenvalue weighted by Crippen LogP contribution is -2.34. The molecule has 1 aliphatic heterocycles. The van der Waals surface area contributed by atoms with Gasteiger partial charge in [-0.2, -0.15) is 0 Å². The van der Waals surface area contributed by atoms with E-state index in [4.69, 9.17) is 4.42 Å². The highest BCUT2D eigenvalue weighted by Gasteiger charge is 2.56. The van der Waals surface area contributed by atoms with Crippen LogP contribution in [0, 0.1) is 12.8 Å². The molecule has 33 heavy (non-hydrogen) atoms. The second-order valence-corrected chi connectivity index (χ2v) is 8.85. The Morgan fingerprint density at radius 3 is 2.27 bits per heavy atom. The predicted octanol–water partition coefficient (Wildman–Crippen LogP) is 4.71. The molecule has 3 atom stereocenters. The number of para-hydroxylation sites is 1. The summed E-state index contributed by atoms with van der Waals surface area (Å²) in [5.41, 5.74) is 3.63. The van der Waals surface area contributed by atoms with Gasteiger partial charge < -0.3 is 4.42 Å². The Morgan fingerprint density at radius 1 is 0.848 bits per heavy atom. The summed E-state index contributed by atoms with van der Waals surface area (Å²) in [4.78, 5) is 42.0. The lowest BCUT2D eigenvalue weighted by molar-refractivity contribution is -0.122. The molecule has 2 heterocycles. The fourth-order valence-corrected chi connectivity index (χ4v) is 5.53. The van der Waals surface area contributed by atoms with E-state index in [0.29, 0.717) is 23.3 Å². The summed E-state index contributed by atoms with van der Waals surface area (Å²) < 4.78 is 5.68. The number of anilines is 1. The van der Waals surface area contributed by atoms with Gasteiger partial charge in [0, 0.05) is 11.3 Å². The molecule has 2 unspecified atom stereocenters. The van der Waals surface area contributed by atoms with Gasteiger partial charge in [-0.25, -0.2) is 9.69 Å². The summed E-state index contributed by atoms with van der Waals surface area (Å²) in [6, 6.07) is 24.5. The molecule has 0 saturated carbocycles. The van der Waals surface area contributed by atoms with Gasteiger partial charge in [0.2, 0.25) is 11.8 Å². The van der Waals surface area contributed by atoms with Gasteiger partial charge in [-0.15, -0.1) is 0 Å². The van der Waals surface area contributed by atoms with E-state index in [-0.39, 0.29) is 17.7 Å². The second-order valence-electron chi connectivity index (χ2n) is 8.85. The van der Waals surface area contributed by atoms with Gasteiger partial charge in [0.05, 0.1) is 23.1 Å². The van der Waals surface area contributed by atoms with Gasteiger partial charge in [-0.05, 0) is 48.2 Å². The molecule has 1 aliphatic carbocycles. The lowest BCUT2D eigenvalue weighted by Gasteiger charge is -2.32. The van der Waals surface area contributed by atoms with Crippen LogP contribution in [0.2, 0.25) is 0 Å². The molecule has 1 aromatic heterocycles. The molecule has 0 N–H and O–H groups in total. The maximum atomic E-state index is 13.8. The molecular formula is C28H21NO4. The number of imide groups is 1. The molecule has 5 heteroatoms. The molecule has 1 fully saturated rings. The molecule has 2 amide bonds. The summed E-state index contributed by atoms with van der Waals surface area (Å²) in [5.74, 6) is -2.37. The Balaban J connectivity index is 1.62. The minimum atomic E-state index is -0.867. The van der Waals surface area contributed by atoms with Crippen LogP contribution in [0.4, 0.5) is 5.69 Å². The quantitative estimate of drug-likeness (QED) is 0.338. The van der Waals surface area contributed by atoms with E-state index >= 15 is 0 Å². The van der Waals surface area contributed by atoms with E-state index in [2.05, 4.69) is 0 Å². The van der Waals surface area contributed by atoms with Crippen LogP contribution >= 0.6 is 0 Å². The van der Waals surface area contributed by atoms with Gasteiger partial charge in [0.15, 0.2) is 0 Å². The second kappa shape index (κ2) is 7.27. The number of hydrogen-bond donors (Lipinski definition) is 0. The summed E-state index contributed by atoms with van der Waals surface area (Å²) in [7, 11) is 0. The fraction of sp³-hybridized carbons (Fsp3) is 0.179. The van der Waals surface area contributed by atoms with Crippen molar-refractivity contribution in [3.8, 4) is 0 Å².